The minimum Gasteiger partial charge on any atom is -0.352 e. The lowest BCUT2D eigenvalue weighted by Crippen LogP contribution is -2.42. The first-order valence-electron chi connectivity index (χ1n) is 10.1. The van der Waals surface area contributed by atoms with E-state index in [2.05, 4.69) is 10.6 Å². The molecule has 2 aliphatic heterocycles. The van der Waals surface area contributed by atoms with Crippen molar-refractivity contribution in [1.29, 1.82) is 0 Å². The molecule has 1 amide bonds. The molecule has 8 heteroatoms. The van der Waals surface area contributed by atoms with Crippen LogP contribution < -0.4 is 10.6 Å². The van der Waals surface area contributed by atoms with Gasteiger partial charge in [-0.2, -0.15) is 4.31 Å². The van der Waals surface area contributed by atoms with Gasteiger partial charge in [0.2, 0.25) is 10.0 Å². The molecule has 3 rings (SSSR count). The first kappa shape index (κ1) is 23.1. The Morgan fingerprint density at radius 1 is 1.25 bits per heavy atom. The topological polar surface area (TPSA) is 78.5 Å². The van der Waals surface area contributed by atoms with Crippen molar-refractivity contribution in [2.24, 2.45) is 5.92 Å². The van der Waals surface area contributed by atoms with E-state index < -0.39 is 10.0 Å². The van der Waals surface area contributed by atoms with Gasteiger partial charge < -0.3 is 10.6 Å². The number of carbonyl (C=O) groups excluding carboxylic acids is 1. The zero-order valence-corrected chi connectivity index (χ0v) is 18.2. The Hall–Kier alpha value is -1.15. The zero-order chi connectivity index (χ0) is 19.3. The molecule has 158 valence electrons. The number of amides is 1. The van der Waals surface area contributed by atoms with Crippen molar-refractivity contribution >= 4 is 28.3 Å². The van der Waals surface area contributed by atoms with Gasteiger partial charge in [-0.1, -0.05) is 12.5 Å². The first-order chi connectivity index (χ1) is 13.0. The van der Waals surface area contributed by atoms with Gasteiger partial charge in [0, 0.05) is 24.7 Å². The van der Waals surface area contributed by atoms with Crippen LogP contribution in [-0.4, -0.2) is 50.9 Å². The lowest BCUT2D eigenvalue weighted by molar-refractivity contribution is 0.0950. The first-order valence-corrected chi connectivity index (χ1v) is 11.5. The third-order valence-electron chi connectivity index (χ3n) is 5.68. The summed E-state index contributed by atoms with van der Waals surface area (Å²) in [6, 6.07) is 6.43. The average Bonchev–Trinajstić information content (AvgIpc) is 2.69. The Kier molecular flexibility index (Phi) is 8.74. The average molecular weight is 430 g/mol. The monoisotopic (exact) mass is 429 g/mol. The second-order valence-electron chi connectivity index (χ2n) is 7.75. The molecule has 2 unspecified atom stereocenters. The summed E-state index contributed by atoms with van der Waals surface area (Å²) in [5.41, 5.74) is 0.405. The molecule has 2 N–H and O–H groups in total. The van der Waals surface area contributed by atoms with Crippen LogP contribution in [0.4, 0.5) is 0 Å². The van der Waals surface area contributed by atoms with Gasteiger partial charge in [-0.05, 0) is 76.2 Å². The number of hydrogen-bond acceptors (Lipinski definition) is 4. The molecule has 2 heterocycles. The molecule has 0 aromatic heterocycles. The van der Waals surface area contributed by atoms with E-state index in [1.54, 1.807) is 22.5 Å². The molecular weight excluding hydrogens is 398 g/mol. The van der Waals surface area contributed by atoms with Gasteiger partial charge in [-0.3, -0.25) is 4.79 Å². The van der Waals surface area contributed by atoms with Gasteiger partial charge in [0.1, 0.15) is 0 Å². The van der Waals surface area contributed by atoms with Crippen LogP contribution in [0.3, 0.4) is 0 Å². The molecule has 2 fully saturated rings. The van der Waals surface area contributed by atoms with Gasteiger partial charge >= 0.3 is 0 Å². The predicted molar refractivity (Wildman–Crippen MR) is 113 cm³/mol. The van der Waals surface area contributed by atoms with Crippen LogP contribution in [-0.2, 0) is 10.0 Å². The van der Waals surface area contributed by atoms with E-state index in [0.717, 1.165) is 38.8 Å². The predicted octanol–water partition coefficient (Wildman–Crippen LogP) is 2.79. The van der Waals surface area contributed by atoms with Gasteiger partial charge in [0.25, 0.3) is 5.91 Å². The molecule has 2 atom stereocenters. The number of sulfonamides is 1. The van der Waals surface area contributed by atoms with E-state index in [9.17, 15) is 13.2 Å². The summed E-state index contributed by atoms with van der Waals surface area (Å²) in [6.07, 6.45) is 6.17. The fourth-order valence-electron chi connectivity index (χ4n) is 4.02. The van der Waals surface area contributed by atoms with E-state index in [-0.39, 0.29) is 29.3 Å². The largest absolute Gasteiger partial charge is 0.352 e. The second-order valence-corrected chi connectivity index (χ2v) is 9.64. The summed E-state index contributed by atoms with van der Waals surface area (Å²) in [6.45, 7) is 5.21. The molecule has 0 radical (unpaired) electrons. The number of rotatable bonds is 6. The van der Waals surface area contributed by atoms with Gasteiger partial charge in [0.15, 0.2) is 0 Å². The highest BCUT2D eigenvalue weighted by molar-refractivity contribution is 7.89. The van der Waals surface area contributed by atoms with E-state index in [0.29, 0.717) is 24.6 Å². The fourth-order valence-corrected chi connectivity index (χ4v) is 5.77. The Bertz CT molecular complexity index is 751. The standard InChI is InChI=1S/C20H31N3O3S.ClH/c1-16-6-2-3-13-23(16)27(25,26)19-9-4-8-18(14-19)20(24)22-12-10-17-7-5-11-21-15-17;/h4,8-9,14,16-17,21H,2-3,5-7,10-13,15H2,1H3,(H,22,24);1H. The quantitative estimate of drug-likeness (QED) is 0.728. The van der Waals surface area contributed by atoms with Crippen molar-refractivity contribution < 1.29 is 13.2 Å². The van der Waals surface area contributed by atoms with Crippen molar-refractivity contribution in [3.63, 3.8) is 0 Å². The van der Waals surface area contributed by atoms with Crippen LogP contribution in [0.5, 0.6) is 0 Å². The van der Waals surface area contributed by atoms with E-state index in [1.165, 1.54) is 18.9 Å². The van der Waals surface area contributed by atoms with Gasteiger partial charge in [0.05, 0.1) is 4.90 Å². The van der Waals surface area contributed by atoms with Crippen LogP contribution >= 0.6 is 12.4 Å². The van der Waals surface area contributed by atoms with Crippen LogP contribution in [0.1, 0.15) is 55.8 Å². The van der Waals surface area contributed by atoms with Gasteiger partial charge in [-0.25, -0.2) is 8.42 Å². The molecule has 0 saturated carbocycles. The summed E-state index contributed by atoms with van der Waals surface area (Å²) in [4.78, 5) is 12.7. The molecule has 1 aromatic rings. The maximum absolute atomic E-state index is 13.0. The van der Waals surface area contributed by atoms with E-state index >= 15 is 0 Å². The lowest BCUT2D eigenvalue weighted by atomic mass is 9.96. The minimum absolute atomic E-state index is 0. The zero-order valence-electron chi connectivity index (χ0n) is 16.5. The number of nitrogens with one attached hydrogen (secondary N) is 2. The minimum atomic E-state index is -3.56. The molecule has 2 aliphatic rings. The summed E-state index contributed by atoms with van der Waals surface area (Å²) in [5.74, 6) is 0.397. The van der Waals surface area contributed by atoms with E-state index in [4.69, 9.17) is 0 Å². The normalized spacial score (nSPS) is 23.6. The molecule has 0 aliphatic carbocycles. The van der Waals surface area contributed by atoms with Crippen molar-refractivity contribution in [1.82, 2.24) is 14.9 Å². The summed E-state index contributed by atoms with van der Waals surface area (Å²) < 4.78 is 27.5. The highest BCUT2D eigenvalue weighted by Crippen LogP contribution is 2.25. The molecular formula is C20H32ClN3O3S. The Labute approximate surface area is 174 Å². The van der Waals surface area contributed by atoms with Crippen LogP contribution in [0.2, 0.25) is 0 Å². The van der Waals surface area contributed by atoms with Crippen LogP contribution in [0, 0.1) is 5.92 Å². The van der Waals surface area contributed by atoms with E-state index in [1.807, 2.05) is 6.92 Å². The molecule has 0 bridgehead atoms. The van der Waals surface area contributed by atoms with Crippen LogP contribution in [0.15, 0.2) is 29.2 Å². The maximum Gasteiger partial charge on any atom is 0.251 e. The molecule has 6 nitrogen and oxygen atoms in total. The van der Waals surface area contributed by atoms with Crippen molar-refractivity contribution in [3.05, 3.63) is 29.8 Å². The van der Waals surface area contributed by atoms with Crippen molar-refractivity contribution in [3.8, 4) is 0 Å². The van der Waals surface area contributed by atoms with Gasteiger partial charge in [-0.15, -0.1) is 12.4 Å². The highest BCUT2D eigenvalue weighted by Gasteiger charge is 2.31. The number of halogens is 1. The Morgan fingerprint density at radius 3 is 2.79 bits per heavy atom. The van der Waals surface area contributed by atoms with Crippen molar-refractivity contribution in [2.45, 2.75) is 56.4 Å². The number of nitrogens with zero attached hydrogens (tertiary/aromatic N) is 1. The number of carbonyl (C=O) groups is 1. The number of piperidine rings is 2. The smallest absolute Gasteiger partial charge is 0.251 e. The Morgan fingerprint density at radius 2 is 2.07 bits per heavy atom. The highest BCUT2D eigenvalue weighted by atomic mass is 35.5. The molecule has 2 saturated heterocycles. The molecule has 28 heavy (non-hydrogen) atoms. The molecule has 0 spiro atoms. The maximum atomic E-state index is 13.0. The SMILES string of the molecule is CC1CCCCN1S(=O)(=O)c1cccc(C(=O)NCCC2CCCNC2)c1.Cl. The second kappa shape index (κ2) is 10.6. The third-order valence-corrected chi connectivity index (χ3v) is 7.69. The molecule has 1 aromatic carbocycles. The fraction of sp³-hybridized carbons (Fsp3) is 0.650. The lowest BCUT2D eigenvalue weighted by Gasteiger charge is -2.32. The summed E-state index contributed by atoms with van der Waals surface area (Å²) >= 11 is 0. The Balaban J connectivity index is 0.00000280. The van der Waals surface area contributed by atoms with Crippen LogP contribution in [0.25, 0.3) is 0 Å². The number of benzene rings is 1. The summed E-state index contributed by atoms with van der Waals surface area (Å²) in [7, 11) is -3.56. The van der Waals surface area contributed by atoms with Crippen molar-refractivity contribution in [2.75, 3.05) is 26.2 Å². The third kappa shape index (κ3) is 5.69. The summed E-state index contributed by atoms with van der Waals surface area (Å²) in [5, 5.41) is 6.32. The number of hydrogen-bond donors (Lipinski definition) is 2.